The van der Waals surface area contributed by atoms with Crippen LogP contribution in [0.25, 0.3) is 0 Å². The minimum absolute atomic E-state index is 0.0271. The lowest BCUT2D eigenvalue weighted by atomic mass is 10.2. The van der Waals surface area contributed by atoms with Gasteiger partial charge in [-0.2, -0.15) is 0 Å². The van der Waals surface area contributed by atoms with E-state index in [1.165, 1.54) is 13.8 Å². The van der Waals surface area contributed by atoms with Crippen molar-refractivity contribution in [2.24, 2.45) is 0 Å². The maximum absolute atomic E-state index is 11.5. The molecule has 0 radical (unpaired) electrons. The molecule has 0 saturated carbocycles. The molecule has 0 amide bonds. The average molecular weight is 400 g/mol. The van der Waals surface area contributed by atoms with Gasteiger partial charge in [-0.3, -0.25) is 19.4 Å². The molecule has 2 aromatic heterocycles. The maximum atomic E-state index is 11.5. The van der Waals surface area contributed by atoms with Crippen molar-refractivity contribution in [1.29, 1.82) is 0 Å². The van der Waals surface area contributed by atoms with Crippen LogP contribution in [0.4, 0.5) is 11.4 Å². The molecule has 4 heterocycles. The predicted molar refractivity (Wildman–Crippen MR) is 109 cm³/mol. The van der Waals surface area contributed by atoms with Gasteiger partial charge in [0.05, 0.1) is 24.3 Å². The summed E-state index contributed by atoms with van der Waals surface area (Å²) in [7, 11) is 3.86. The van der Waals surface area contributed by atoms with Gasteiger partial charge in [-0.1, -0.05) is 0 Å². The summed E-state index contributed by atoms with van der Waals surface area (Å²) in [5.41, 5.74) is 2.05. The lowest BCUT2D eigenvalue weighted by Gasteiger charge is -2.27. The van der Waals surface area contributed by atoms with Crippen molar-refractivity contribution >= 4 is 22.9 Å². The van der Waals surface area contributed by atoms with Crippen LogP contribution in [0.1, 0.15) is 34.6 Å². The number of anilines is 2. The number of likely N-dealkylation sites (N-methyl/N-ethyl adjacent to an activating group) is 2. The number of fused-ring (bicyclic) bond motifs is 2. The van der Waals surface area contributed by atoms with E-state index in [4.69, 9.17) is 9.47 Å². The topological polar surface area (TPSA) is 105 Å². The number of carbonyl (C=O) groups is 2. The Morgan fingerprint density at radius 1 is 1.00 bits per heavy atom. The van der Waals surface area contributed by atoms with E-state index in [9.17, 15) is 14.4 Å². The van der Waals surface area contributed by atoms with Crippen molar-refractivity contribution in [2.45, 2.75) is 13.8 Å². The van der Waals surface area contributed by atoms with Gasteiger partial charge < -0.3 is 19.3 Å². The summed E-state index contributed by atoms with van der Waals surface area (Å²) >= 11 is 0. The number of ether oxygens (including phenoxy) is 2. The van der Waals surface area contributed by atoms with Gasteiger partial charge in [0.1, 0.15) is 18.9 Å². The average Bonchev–Trinajstić information content (AvgIpc) is 2.68. The number of aromatic nitrogens is 2. The molecule has 154 valence electrons. The van der Waals surface area contributed by atoms with Gasteiger partial charge in [-0.05, 0) is 26.0 Å². The highest BCUT2D eigenvalue weighted by molar-refractivity contribution is 5.95. The Labute approximate surface area is 168 Å². The zero-order valence-corrected chi connectivity index (χ0v) is 16.9. The van der Waals surface area contributed by atoms with Gasteiger partial charge in [0.25, 0.3) is 5.56 Å². The van der Waals surface area contributed by atoms with Crippen molar-refractivity contribution in [2.75, 3.05) is 50.2 Å². The van der Waals surface area contributed by atoms with Crippen LogP contribution in [-0.4, -0.2) is 61.9 Å². The first-order chi connectivity index (χ1) is 13.8. The molecular weight excluding hydrogens is 376 g/mol. The molecule has 9 nitrogen and oxygen atoms in total. The van der Waals surface area contributed by atoms with Crippen LogP contribution < -0.4 is 24.8 Å². The fourth-order valence-electron chi connectivity index (χ4n) is 2.98. The lowest BCUT2D eigenvalue weighted by molar-refractivity contribution is 0.100. The smallest absolute Gasteiger partial charge is 0.261 e. The van der Waals surface area contributed by atoms with E-state index in [0.29, 0.717) is 30.5 Å². The van der Waals surface area contributed by atoms with Crippen molar-refractivity contribution in [1.82, 2.24) is 9.97 Å². The Kier molecular flexibility index (Phi) is 5.86. The van der Waals surface area contributed by atoms with Gasteiger partial charge in [0, 0.05) is 25.9 Å². The first kappa shape index (κ1) is 20.4. The number of hydrogen-bond donors (Lipinski definition) is 1. The summed E-state index contributed by atoms with van der Waals surface area (Å²) in [6.45, 7) is 5.68. The van der Waals surface area contributed by atoms with E-state index >= 15 is 0 Å². The second-order valence-corrected chi connectivity index (χ2v) is 6.93. The number of H-pyrrole nitrogens is 1. The largest absolute Gasteiger partial charge is 0.476 e. The van der Waals surface area contributed by atoms with Crippen molar-refractivity contribution in [3.63, 3.8) is 0 Å². The van der Waals surface area contributed by atoms with Gasteiger partial charge in [0.2, 0.25) is 11.8 Å². The molecule has 0 unspecified atom stereocenters. The number of pyridine rings is 2. The second-order valence-electron chi connectivity index (χ2n) is 6.93. The summed E-state index contributed by atoms with van der Waals surface area (Å²) in [6.07, 6.45) is 1.56. The molecule has 0 aromatic carbocycles. The standard InChI is InChI=1S/C10H12N2O3.C10H12N2O2/c1-6(13)7-5-8-10(11-9(7)14)15-4-3-12(8)2;1-7(13)8-5-9-10(11-6-8)14-4-3-12(9)2/h5H,3-4H2,1-2H3,(H,11,14);5-6H,3-4H2,1-2H3. The van der Waals surface area contributed by atoms with Crippen molar-refractivity contribution in [3.8, 4) is 11.8 Å². The van der Waals surface area contributed by atoms with Crippen LogP contribution in [0.15, 0.2) is 23.1 Å². The Morgan fingerprint density at radius 3 is 2.31 bits per heavy atom. The predicted octanol–water partition coefficient (Wildman–Crippen LogP) is 1.52. The normalized spacial score (nSPS) is 14.5. The minimum atomic E-state index is -0.392. The van der Waals surface area contributed by atoms with Gasteiger partial charge in [0.15, 0.2) is 11.6 Å². The highest BCUT2D eigenvalue weighted by Crippen LogP contribution is 2.29. The molecule has 0 bridgehead atoms. The third-order valence-electron chi connectivity index (χ3n) is 4.76. The zero-order valence-electron chi connectivity index (χ0n) is 16.9. The van der Waals surface area contributed by atoms with E-state index in [1.54, 1.807) is 12.3 Å². The summed E-state index contributed by atoms with van der Waals surface area (Å²) in [5, 5.41) is 0. The molecule has 0 spiro atoms. The number of rotatable bonds is 2. The molecule has 9 heteroatoms. The SMILES string of the molecule is CC(=O)c1cc2c([nH]c1=O)OCCN2C.CC(=O)c1cnc2c(c1)N(C)CCO2. The van der Waals surface area contributed by atoms with Crippen LogP contribution in [0.3, 0.4) is 0 Å². The van der Waals surface area contributed by atoms with Crippen LogP contribution >= 0.6 is 0 Å². The lowest BCUT2D eigenvalue weighted by Crippen LogP contribution is -2.31. The molecule has 2 aliphatic rings. The highest BCUT2D eigenvalue weighted by Gasteiger charge is 2.19. The first-order valence-corrected chi connectivity index (χ1v) is 9.25. The number of aromatic amines is 1. The Balaban J connectivity index is 0.000000166. The zero-order chi connectivity index (χ0) is 21.1. The molecule has 0 atom stereocenters. The molecule has 0 saturated heterocycles. The monoisotopic (exact) mass is 400 g/mol. The fourth-order valence-corrected chi connectivity index (χ4v) is 2.98. The Morgan fingerprint density at radius 2 is 1.66 bits per heavy atom. The molecule has 2 aliphatic heterocycles. The number of ketones is 2. The Hall–Kier alpha value is -3.36. The summed E-state index contributed by atoms with van der Waals surface area (Å²) in [5.74, 6) is 0.847. The number of nitrogens with zero attached hydrogens (tertiary/aromatic N) is 3. The molecule has 1 N–H and O–H groups in total. The van der Waals surface area contributed by atoms with E-state index in [2.05, 4.69) is 9.97 Å². The molecule has 2 aromatic rings. The molecule has 0 aliphatic carbocycles. The van der Waals surface area contributed by atoms with Crippen LogP contribution in [-0.2, 0) is 0 Å². The third-order valence-corrected chi connectivity index (χ3v) is 4.76. The number of hydrogen-bond acceptors (Lipinski definition) is 8. The number of nitrogens with one attached hydrogen (secondary N) is 1. The summed E-state index contributed by atoms with van der Waals surface area (Å²) in [6, 6.07) is 3.40. The van der Waals surface area contributed by atoms with Gasteiger partial charge in [-0.15, -0.1) is 0 Å². The van der Waals surface area contributed by atoms with E-state index in [1.807, 2.05) is 30.0 Å². The van der Waals surface area contributed by atoms with Crippen LogP contribution in [0, 0.1) is 0 Å². The van der Waals surface area contributed by atoms with Crippen LogP contribution in [0.5, 0.6) is 11.8 Å². The fraction of sp³-hybridized carbons (Fsp3) is 0.400. The second kappa shape index (κ2) is 8.34. The van der Waals surface area contributed by atoms with E-state index < -0.39 is 5.56 Å². The molecule has 4 rings (SSSR count). The minimum Gasteiger partial charge on any atom is -0.476 e. The summed E-state index contributed by atoms with van der Waals surface area (Å²) < 4.78 is 10.7. The number of Topliss-reactive ketones (excluding diaryl/α,β-unsaturated/α-hetero) is 2. The highest BCUT2D eigenvalue weighted by atomic mass is 16.5. The van der Waals surface area contributed by atoms with Crippen molar-refractivity contribution < 1.29 is 19.1 Å². The molecular formula is C20H24N4O5. The molecule has 29 heavy (non-hydrogen) atoms. The molecule has 0 fully saturated rings. The maximum Gasteiger partial charge on any atom is 0.261 e. The van der Waals surface area contributed by atoms with E-state index in [0.717, 1.165) is 24.5 Å². The van der Waals surface area contributed by atoms with Crippen molar-refractivity contribution in [3.05, 3.63) is 39.8 Å². The quantitative estimate of drug-likeness (QED) is 0.757. The van der Waals surface area contributed by atoms with Crippen LogP contribution in [0.2, 0.25) is 0 Å². The van der Waals surface area contributed by atoms with Gasteiger partial charge in [-0.25, -0.2) is 4.98 Å². The first-order valence-electron chi connectivity index (χ1n) is 9.25. The number of carbonyl (C=O) groups excluding carboxylic acids is 2. The summed E-state index contributed by atoms with van der Waals surface area (Å²) in [4.78, 5) is 44.4. The van der Waals surface area contributed by atoms with E-state index in [-0.39, 0.29) is 17.1 Å². The van der Waals surface area contributed by atoms with Gasteiger partial charge >= 0.3 is 0 Å². The Bertz CT molecular complexity index is 1000. The third kappa shape index (κ3) is 4.39.